The Hall–Kier alpha value is -3.79. The molecule has 0 bridgehead atoms. The standard InChI is InChI=1S/C20H20FN7O2/c21-15-3-5-16(6-4-15)23-18-24-19(26-20(25-18)28-9-11-30-12-10-28)27-22-13-14-1-7-17(29)8-2-14/h1-8,13,29H,9-12H2,(H2,23,24,25,26,27)/b22-13+. The van der Waals surface area contributed by atoms with Gasteiger partial charge in [-0.05, 0) is 54.1 Å². The van der Waals surface area contributed by atoms with Crippen LogP contribution in [0.1, 0.15) is 5.56 Å². The number of phenols is 1. The molecule has 1 aliphatic heterocycles. The van der Waals surface area contributed by atoms with Crippen LogP contribution in [-0.4, -0.2) is 52.6 Å². The second-order valence-corrected chi connectivity index (χ2v) is 6.48. The molecule has 4 rings (SSSR count). The van der Waals surface area contributed by atoms with Crippen LogP contribution in [0, 0.1) is 5.82 Å². The third-order valence-corrected chi connectivity index (χ3v) is 4.29. The van der Waals surface area contributed by atoms with Crippen LogP contribution in [-0.2, 0) is 4.74 Å². The van der Waals surface area contributed by atoms with E-state index < -0.39 is 0 Å². The summed E-state index contributed by atoms with van der Waals surface area (Å²) in [5.74, 6) is 0.909. The van der Waals surface area contributed by atoms with Gasteiger partial charge in [0.25, 0.3) is 0 Å². The number of nitrogens with one attached hydrogen (secondary N) is 2. The fourth-order valence-electron chi connectivity index (χ4n) is 2.76. The number of phenolic OH excluding ortho intramolecular Hbond substituents is 1. The van der Waals surface area contributed by atoms with Crippen molar-refractivity contribution in [1.29, 1.82) is 0 Å². The van der Waals surface area contributed by atoms with E-state index in [0.717, 1.165) is 5.56 Å². The number of rotatable bonds is 6. The highest BCUT2D eigenvalue weighted by Crippen LogP contribution is 2.19. The van der Waals surface area contributed by atoms with Gasteiger partial charge in [0.05, 0.1) is 19.4 Å². The molecule has 2 heterocycles. The molecule has 10 heteroatoms. The van der Waals surface area contributed by atoms with Gasteiger partial charge in [0.1, 0.15) is 11.6 Å². The molecule has 0 amide bonds. The largest absolute Gasteiger partial charge is 0.508 e. The van der Waals surface area contributed by atoms with Crippen LogP contribution in [0.15, 0.2) is 53.6 Å². The van der Waals surface area contributed by atoms with E-state index in [0.29, 0.717) is 43.9 Å². The van der Waals surface area contributed by atoms with E-state index in [-0.39, 0.29) is 17.5 Å². The van der Waals surface area contributed by atoms with E-state index in [1.165, 1.54) is 12.1 Å². The van der Waals surface area contributed by atoms with Crippen molar-refractivity contribution in [3.63, 3.8) is 0 Å². The first-order valence-electron chi connectivity index (χ1n) is 9.35. The summed E-state index contributed by atoms with van der Waals surface area (Å²) in [7, 11) is 0. The van der Waals surface area contributed by atoms with Crippen molar-refractivity contribution in [3.05, 3.63) is 59.9 Å². The van der Waals surface area contributed by atoms with Gasteiger partial charge >= 0.3 is 0 Å². The van der Waals surface area contributed by atoms with Crippen LogP contribution in [0.5, 0.6) is 5.75 Å². The third-order valence-electron chi connectivity index (χ3n) is 4.29. The van der Waals surface area contributed by atoms with Crippen molar-refractivity contribution in [2.45, 2.75) is 0 Å². The highest BCUT2D eigenvalue weighted by molar-refractivity contribution is 5.80. The van der Waals surface area contributed by atoms with Crippen molar-refractivity contribution in [2.24, 2.45) is 5.10 Å². The molecule has 1 aliphatic rings. The fraction of sp³-hybridized carbons (Fsp3) is 0.200. The van der Waals surface area contributed by atoms with E-state index in [1.807, 2.05) is 4.90 Å². The van der Waals surface area contributed by atoms with Crippen LogP contribution in [0.25, 0.3) is 0 Å². The lowest BCUT2D eigenvalue weighted by Crippen LogP contribution is -2.37. The maximum atomic E-state index is 13.2. The Morgan fingerprint density at radius 3 is 2.40 bits per heavy atom. The maximum Gasteiger partial charge on any atom is 0.250 e. The van der Waals surface area contributed by atoms with Crippen LogP contribution in [0.4, 0.5) is 27.9 Å². The lowest BCUT2D eigenvalue weighted by atomic mass is 10.2. The molecule has 9 nitrogen and oxygen atoms in total. The monoisotopic (exact) mass is 409 g/mol. The molecule has 30 heavy (non-hydrogen) atoms. The number of aromatic nitrogens is 3. The summed E-state index contributed by atoms with van der Waals surface area (Å²) in [6.07, 6.45) is 1.59. The van der Waals surface area contributed by atoms with E-state index in [2.05, 4.69) is 30.8 Å². The molecule has 1 saturated heterocycles. The van der Waals surface area contributed by atoms with E-state index in [9.17, 15) is 9.50 Å². The first-order valence-corrected chi connectivity index (χ1v) is 9.35. The Morgan fingerprint density at radius 1 is 0.967 bits per heavy atom. The van der Waals surface area contributed by atoms with Crippen LogP contribution in [0.3, 0.4) is 0 Å². The smallest absolute Gasteiger partial charge is 0.250 e. The Balaban J connectivity index is 1.55. The molecule has 0 aliphatic carbocycles. The number of hydrazone groups is 1. The summed E-state index contributed by atoms with van der Waals surface area (Å²) >= 11 is 0. The van der Waals surface area contributed by atoms with Crippen molar-refractivity contribution >= 4 is 29.7 Å². The van der Waals surface area contributed by atoms with Crippen molar-refractivity contribution in [3.8, 4) is 5.75 Å². The molecular weight excluding hydrogens is 389 g/mol. The fourth-order valence-corrected chi connectivity index (χ4v) is 2.76. The molecule has 1 fully saturated rings. The average molecular weight is 409 g/mol. The van der Waals surface area contributed by atoms with Gasteiger partial charge in [0, 0.05) is 18.8 Å². The predicted octanol–water partition coefficient (Wildman–Crippen LogP) is 2.74. The summed E-state index contributed by atoms with van der Waals surface area (Å²) in [6, 6.07) is 12.5. The SMILES string of the molecule is Oc1ccc(/C=N/Nc2nc(Nc3ccc(F)cc3)nc(N3CCOCC3)n2)cc1. The molecule has 2 aromatic carbocycles. The van der Waals surface area contributed by atoms with Crippen molar-refractivity contribution in [2.75, 3.05) is 41.9 Å². The lowest BCUT2D eigenvalue weighted by Gasteiger charge is -2.27. The zero-order chi connectivity index (χ0) is 20.8. The van der Waals surface area contributed by atoms with Crippen LogP contribution in [0.2, 0.25) is 0 Å². The average Bonchev–Trinajstić information content (AvgIpc) is 2.77. The number of benzene rings is 2. The predicted molar refractivity (Wildman–Crippen MR) is 112 cm³/mol. The van der Waals surface area contributed by atoms with Gasteiger partial charge in [-0.15, -0.1) is 0 Å². The Labute approximate surface area is 172 Å². The highest BCUT2D eigenvalue weighted by atomic mass is 19.1. The number of ether oxygens (including phenoxy) is 1. The summed E-state index contributed by atoms with van der Waals surface area (Å²) in [6.45, 7) is 2.51. The normalized spacial score (nSPS) is 14.1. The van der Waals surface area contributed by atoms with Crippen molar-refractivity contribution < 1.29 is 14.2 Å². The molecule has 0 spiro atoms. The minimum atomic E-state index is -0.323. The molecular formula is C20H20FN7O2. The molecule has 1 aromatic heterocycles. The number of halogens is 1. The zero-order valence-electron chi connectivity index (χ0n) is 16.0. The van der Waals surface area contributed by atoms with Gasteiger partial charge in [0.15, 0.2) is 0 Å². The van der Waals surface area contributed by atoms with Gasteiger partial charge in [-0.3, -0.25) is 0 Å². The summed E-state index contributed by atoms with van der Waals surface area (Å²) in [4.78, 5) is 15.3. The highest BCUT2D eigenvalue weighted by Gasteiger charge is 2.16. The first kappa shape index (κ1) is 19.5. The minimum absolute atomic E-state index is 0.184. The number of anilines is 4. The number of aromatic hydroxyl groups is 1. The van der Waals surface area contributed by atoms with E-state index in [4.69, 9.17) is 4.74 Å². The second kappa shape index (κ2) is 9.14. The van der Waals surface area contributed by atoms with Crippen LogP contribution >= 0.6 is 0 Å². The third kappa shape index (κ3) is 5.17. The first-order chi connectivity index (χ1) is 14.7. The van der Waals surface area contributed by atoms with Crippen molar-refractivity contribution in [1.82, 2.24) is 15.0 Å². The molecule has 3 N–H and O–H groups in total. The molecule has 0 radical (unpaired) electrons. The number of hydrogen-bond acceptors (Lipinski definition) is 9. The van der Waals surface area contributed by atoms with E-state index >= 15 is 0 Å². The summed E-state index contributed by atoms with van der Waals surface area (Å²) in [5.41, 5.74) is 4.26. The van der Waals surface area contributed by atoms with Gasteiger partial charge in [-0.2, -0.15) is 20.1 Å². The minimum Gasteiger partial charge on any atom is -0.508 e. The van der Waals surface area contributed by atoms with Gasteiger partial charge < -0.3 is 20.1 Å². The van der Waals surface area contributed by atoms with Crippen LogP contribution < -0.4 is 15.6 Å². The number of nitrogens with zero attached hydrogens (tertiary/aromatic N) is 5. The number of hydrogen-bond donors (Lipinski definition) is 3. The van der Waals surface area contributed by atoms with Gasteiger partial charge in [-0.1, -0.05) is 0 Å². The lowest BCUT2D eigenvalue weighted by molar-refractivity contribution is 0.122. The van der Waals surface area contributed by atoms with E-state index in [1.54, 1.807) is 42.6 Å². The molecule has 154 valence electrons. The second-order valence-electron chi connectivity index (χ2n) is 6.48. The molecule has 0 atom stereocenters. The Morgan fingerprint density at radius 2 is 1.67 bits per heavy atom. The number of morpholine rings is 1. The summed E-state index contributed by atoms with van der Waals surface area (Å²) in [5, 5.41) is 16.6. The maximum absolute atomic E-state index is 13.2. The quantitative estimate of drug-likeness (QED) is 0.421. The molecule has 3 aromatic rings. The van der Waals surface area contributed by atoms with Gasteiger partial charge in [0.2, 0.25) is 17.8 Å². The zero-order valence-corrected chi connectivity index (χ0v) is 16.0. The molecule has 0 unspecified atom stereocenters. The Kier molecular flexibility index (Phi) is 5.95. The molecule has 0 saturated carbocycles. The Bertz CT molecular complexity index is 1010. The topological polar surface area (TPSA) is 108 Å². The summed E-state index contributed by atoms with van der Waals surface area (Å²) < 4.78 is 18.6. The van der Waals surface area contributed by atoms with Gasteiger partial charge in [-0.25, -0.2) is 9.82 Å².